The fourth-order valence-corrected chi connectivity index (χ4v) is 2.42. The monoisotopic (exact) mass is 213 g/mol. The topological polar surface area (TPSA) is 30.5 Å². The van der Waals surface area contributed by atoms with Crippen molar-refractivity contribution in [3.63, 3.8) is 0 Å². The van der Waals surface area contributed by atoms with Crippen LogP contribution >= 0.6 is 0 Å². The van der Waals surface area contributed by atoms with Crippen LogP contribution in [0.3, 0.4) is 0 Å². The van der Waals surface area contributed by atoms with Crippen LogP contribution in [0, 0.1) is 5.92 Å². The van der Waals surface area contributed by atoms with Gasteiger partial charge in [-0.15, -0.1) is 0 Å². The summed E-state index contributed by atoms with van der Waals surface area (Å²) in [5.74, 6) is 0.793. The molecule has 2 aliphatic heterocycles. The van der Waals surface area contributed by atoms with Gasteiger partial charge in [0.15, 0.2) is 0 Å². The smallest absolute Gasteiger partial charge is 0.0704 e. The molecule has 15 heavy (non-hydrogen) atoms. The lowest BCUT2D eigenvalue weighted by Gasteiger charge is -2.13. The number of hydrogen-bond donors (Lipinski definition) is 1. The first-order valence-corrected chi connectivity index (χ1v) is 6.28. The van der Waals surface area contributed by atoms with Gasteiger partial charge >= 0.3 is 0 Å². The van der Waals surface area contributed by atoms with Gasteiger partial charge in [0.25, 0.3) is 0 Å². The highest BCUT2D eigenvalue weighted by molar-refractivity contribution is 4.73. The third-order valence-corrected chi connectivity index (χ3v) is 3.45. The highest BCUT2D eigenvalue weighted by atomic mass is 16.5. The van der Waals surface area contributed by atoms with Crippen molar-refractivity contribution in [3.8, 4) is 0 Å². The zero-order chi connectivity index (χ0) is 10.5. The molecule has 1 N–H and O–H groups in total. The molecule has 3 nitrogen and oxygen atoms in total. The molecule has 0 aromatic rings. The Labute approximate surface area is 92.5 Å². The second-order valence-electron chi connectivity index (χ2n) is 4.87. The van der Waals surface area contributed by atoms with Gasteiger partial charge in [-0.25, -0.2) is 0 Å². The third-order valence-electron chi connectivity index (χ3n) is 3.45. The normalized spacial score (nSPS) is 36.2. The number of rotatable bonds is 5. The maximum Gasteiger partial charge on any atom is 0.0704 e. The van der Waals surface area contributed by atoms with E-state index < -0.39 is 0 Å². The second kappa shape index (κ2) is 5.83. The van der Waals surface area contributed by atoms with E-state index in [0.717, 1.165) is 32.2 Å². The fraction of sp³-hybridized carbons (Fsp3) is 1.00. The Bertz CT molecular complexity index is 180. The molecule has 2 aliphatic rings. The van der Waals surface area contributed by atoms with Gasteiger partial charge in [0.1, 0.15) is 0 Å². The van der Waals surface area contributed by atoms with Gasteiger partial charge in [-0.1, -0.05) is 0 Å². The third kappa shape index (κ3) is 3.74. The van der Waals surface area contributed by atoms with Crippen LogP contribution < -0.4 is 5.32 Å². The molecule has 0 amide bonds. The first-order valence-electron chi connectivity index (χ1n) is 6.28. The van der Waals surface area contributed by atoms with E-state index in [1.807, 2.05) is 0 Å². The lowest BCUT2D eigenvalue weighted by Crippen LogP contribution is -2.28. The molecule has 2 fully saturated rings. The molecule has 0 aliphatic carbocycles. The molecule has 88 valence electrons. The molecule has 3 unspecified atom stereocenters. The Balaban J connectivity index is 1.48. The summed E-state index contributed by atoms with van der Waals surface area (Å²) >= 11 is 0. The van der Waals surface area contributed by atoms with Crippen molar-refractivity contribution >= 4 is 0 Å². The van der Waals surface area contributed by atoms with E-state index in [2.05, 4.69) is 12.2 Å². The van der Waals surface area contributed by atoms with Crippen molar-refractivity contribution in [1.29, 1.82) is 0 Å². The molecule has 0 saturated carbocycles. The standard InChI is InChI=1S/C12H23NO2/c1-10-2-3-12(15-10)8-13-6-4-11-5-7-14-9-11/h10-13H,2-9H2,1H3. The molecule has 0 aromatic heterocycles. The van der Waals surface area contributed by atoms with E-state index in [1.54, 1.807) is 0 Å². The first-order chi connectivity index (χ1) is 7.34. The number of ether oxygens (including phenoxy) is 2. The van der Waals surface area contributed by atoms with Crippen LogP contribution in [-0.2, 0) is 9.47 Å². The van der Waals surface area contributed by atoms with Gasteiger partial charge in [0.05, 0.1) is 12.2 Å². The summed E-state index contributed by atoms with van der Waals surface area (Å²) in [6.45, 7) is 6.24. The van der Waals surface area contributed by atoms with Gasteiger partial charge in [-0.05, 0) is 45.1 Å². The molecule has 3 heteroatoms. The van der Waals surface area contributed by atoms with Crippen molar-refractivity contribution in [2.45, 2.75) is 44.8 Å². The highest BCUT2D eigenvalue weighted by Crippen LogP contribution is 2.18. The van der Waals surface area contributed by atoms with E-state index >= 15 is 0 Å². The number of nitrogens with one attached hydrogen (secondary N) is 1. The molecule has 2 rings (SSSR count). The van der Waals surface area contributed by atoms with E-state index in [9.17, 15) is 0 Å². The Kier molecular flexibility index (Phi) is 4.42. The van der Waals surface area contributed by atoms with Crippen LogP contribution in [0.5, 0.6) is 0 Å². The molecule has 0 bridgehead atoms. The van der Waals surface area contributed by atoms with E-state index in [-0.39, 0.29) is 0 Å². The Morgan fingerprint density at radius 3 is 2.87 bits per heavy atom. The summed E-state index contributed by atoms with van der Waals surface area (Å²) in [5, 5.41) is 3.49. The molecular formula is C12H23NO2. The van der Waals surface area contributed by atoms with E-state index in [1.165, 1.54) is 25.7 Å². The maximum atomic E-state index is 5.75. The second-order valence-corrected chi connectivity index (χ2v) is 4.87. The van der Waals surface area contributed by atoms with Crippen molar-refractivity contribution < 1.29 is 9.47 Å². The van der Waals surface area contributed by atoms with Crippen LogP contribution in [0.4, 0.5) is 0 Å². The molecule has 2 saturated heterocycles. The minimum atomic E-state index is 0.458. The van der Waals surface area contributed by atoms with Crippen molar-refractivity contribution in [3.05, 3.63) is 0 Å². The lowest BCUT2D eigenvalue weighted by molar-refractivity contribution is 0.0559. The van der Waals surface area contributed by atoms with Crippen molar-refractivity contribution in [2.75, 3.05) is 26.3 Å². The number of hydrogen-bond acceptors (Lipinski definition) is 3. The quantitative estimate of drug-likeness (QED) is 0.703. The Hall–Kier alpha value is -0.120. The highest BCUT2D eigenvalue weighted by Gasteiger charge is 2.21. The van der Waals surface area contributed by atoms with Crippen molar-refractivity contribution in [1.82, 2.24) is 5.32 Å². The summed E-state index contributed by atoms with van der Waals surface area (Å²) < 4.78 is 11.1. The minimum Gasteiger partial charge on any atom is -0.381 e. The zero-order valence-corrected chi connectivity index (χ0v) is 9.71. The van der Waals surface area contributed by atoms with Crippen LogP contribution in [-0.4, -0.2) is 38.5 Å². The average Bonchev–Trinajstić information content (AvgIpc) is 2.84. The molecule has 2 heterocycles. The van der Waals surface area contributed by atoms with E-state index in [4.69, 9.17) is 9.47 Å². The van der Waals surface area contributed by atoms with Crippen LogP contribution in [0.2, 0.25) is 0 Å². The predicted molar refractivity (Wildman–Crippen MR) is 60.0 cm³/mol. The van der Waals surface area contributed by atoms with Gasteiger partial charge in [0.2, 0.25) is 0 Å². The summed E-state index contributed by atoms with van der Waals surface area (Å²) in [4.78, 5) is 0. The lowest BCUT2D eigenvalue weighted by atomic mass is 10.1. The summed E-state index contributed by atoms with van der Waals surface area (Å²) in [7, 11) is 0. The first kappa shape index (κ1) is 11.4. The zero-order valence-electron chi connectivity index (χ0n) is 9.71. The maximum absolute atomic E-state index is 5.75. The van der Waals surface area contributed by atoms with Crippen LogP contribution in [0.15, 0.2) is 0 Å². The summed E-state index contributed by atoms with van der Waals surface area (Å²) in [5.41, 5.74) is 0. The van der Waals surface area contributed by atoms with E-state index in [0.29, 0.717) is 12.2 Å². The predicted octanol–water partition coefficient (Wildman–Crippen LogP) is 1.57. The summed E-state index contributed by atoms with van der Waals surface area (Å²) in [6.07, 6.45) is 5.88. The fourth-order valence-electron chi connectivity index (χ4n) is 2.42. The van der Waals surface area contributed by atoms with Gasteiger partial charge < -0.3 is 14.8 Å². The SMILES string of the molecule is CC1CCC(CNCCC2CCOC2)O1. The Morgan fingerprint density at radius 2 is 2.20 bits per heavy atom. The molecule has 0 radical (unpaired) electrons. The largest absolute Gasteiger partial charge is 0.381 e. The molecular weight excluding hydrogens is 190 g/mol. The van der Waals surface area contributed by atoms with Crippen LogP contribution in [0.25, 0.3) is 0 Å². The van der Waals surface area contributed by atoms with Gasteiger partial charge in [-0.2, -0.15) is 0 Å². The average molecular weight is 213 g/mol. The van der Waals surface area contributed by atoms with Gasteiger partial charge in [0, 0.05) is 19.8 Å². The Morgan fingerprint density at radius 1 is 1.27 bits per heavy atom. The summed E-state index contributed by atoms with van der Waals surface area (Å²) in [6, 6.07) is 0. The van der Waals surface area contributed by atoms with Crippen molar-refractivity contribution in [2.24, 2.45) is 5.92 Å². The minimum absolute atomic E-state index is 0.458. The molecule has 0 spiro atoms. The van der Waals surface area contributed by atoms with Crippen LogP contribution in [0.1, 0.15) is 32.6 Å². The molecule has 0 aromatic carbocycles. The van der Waals surface area contributed by atoms with Gasteiger partial charge in [-0.3, -0.25) is 0 Å². The molecule has 3 atom stereocenters.